The Hall–Kier alpha value is -2.69. The van der Waals surface area contributed by atoms with Crippen molar-refractivity contribution in [2.75, 3.05) is 12.4 Å². The van der Waals surface area contributed by atoms with Crippen molar-refractivity contribution < 1.29 is 14.3 Å². The molecule has 1 aliphatic rings. The van der Waals surface area contributed by atoms with Crippen molar-refractivity contribution in [3.63, 3.8) is 0 Å². The summed E-state index contributed by atoms with van der Waals surface area (Å²) in [6.07, 6.45) is 4.77. The maximum absolute atomic E-state index is 12.2. The van der Waals surface area contributed by atoms with Crippen molar-refractivity contribution in [3.8, 4) is 11.5 Å². The van der Waals surface area contributed by atoms with Crippen molar-refractivity contribution in [3.05, 3.63) is 53.6 Å². The second kappa shape index (κ2) is 8.61. The largest absolute Gasteiger partial charge is 0.493 e. The molecule has 138 valence electrons. The number of nitrogens with one attached hydrogen (secondary N) is 2. The molecular weight excluding hydrogens is 328 g/mol. The first-order chi connectivity index (χ1) is 12.6. The number of anilines is 1. The number of benzene rings is 2. The van der Waals surface area contributed by atoms with Gasteiger partial charge in [0.05, 0.1) is 13.2 Å². The van der Waals surface area contributed by atoms with Gasteiger partial charge in [-0.25, -0.2) is 4.79 Å². The lowest BCUT2D eigenvalue weighted by molar-refractivity contribution is 0.201. The number of amides is 2. The van der Waals surface area contributed by atoms with E-state index in [9.17, 15) is 4.79 Å². The van der Waals surface area contributed by atoms with Crippen LogP contribution in [0.25, 0.3) is 0 Å². The molecule has 5 heteroatoms. The Morgan fingerprint density at radius 1 is 1.12 bits per heavy atom. The van der Waals surface area contributed by atoms with Gasteiger partial charge in [0.15, 0.2) is 11.5 Å². The van der Waals surface area contributed by atoms with Crippen LogP contribution in [0.15, 0.2) is 42.5 Å². The SMILES string of the molecule is COc1ccc(NC(=O)NCc2cccc(C)c2)cc1OC1CCCC1. The summed E-state index contributed by atoms with van der Waals surface area (Å²) in [4.78, 5) is 12.2. The molecule has 0 bridgehead atoms. The normalized spacial score (nSPS) is 14.1. The molecule has 0 aliphatic heterocycles. The number of hydrogen-bond donors (Lipinski definition) is 2. The van der Waals surface area contributed by atoms with Crippen molar-refractivity contribution in [1.29, 1.82) is 0 Å². The average molecular weight is 354 g/mol. The first-order valence-electron chi connectivity index (χ1n) is 9.09. The lowest BCUT2D eigenvalue weighted by Crippen LogP contribution is -2.28. The molecule has 0 heterocycles. The third-order valence-electron chi connectivity index (χ3n) is 4.55. The highest BCUT2D eigenvalue weighted by atomic mass is 16.5. The van der Waals surface area contributed by atoms with Gasteiger partial charge in [-0.05, 0) is 50.3 Å². The zero-order valence-electron chi connectivity index (χ0n) is 15.4. The number of carbonyl (C=O) groups is 1. The molecular formula is C21H26N2O3. The van der Waals surface area contributed by atoms with Crippen LogP contribution in [0.5, 0.6) is 11.5 Å². The zero-order valence-corrected chi connectivity index (χ0v) is 15.4. The summed E-state index contributed by atoms with van der Waals surface area (Å²) < 4.78 is 11.4. The predicted octanol–water partition coefficient (Wildman–Crippen LogP) is 4.65. The highest BCUT2D eigenvalue weighted by molar-refractivity contribution is 5.89. The van der Waals surface area contributed by atoms with Crippen LogP contribution in [0.3, 0.4) is 0 Å². The van der Waals surface area contributed by atoms with E-state index in [1.807, 2.05) is 43.3 Å². The summed E-state index contributed by atoms with van der Waals surface area (Å²) in [5.74, 6) is 1.36. The van der Waals surface area contributed by atoms with Gasteiger partial charge in [0.1, 0.15) is 0 Å². The fourth-order valence-corrected chi connectivity index (χ4v) is 3.21. The number of carbonyl (C=O) groups excluding carboxylic acids is 1. The average Bonchev–Trinajstić information content (AvgIpc) is 3.13. The first kappa shape index (κ1) is 18.1. The topological polar surface area (TPSA) is 59.6 Å². The van der Waals surface area contributed by atoms with Gasteiger partial charge >= 0.3 is 6.03 Å². The van der Waals surface area contributed by atoms with Gasteiger partial charge in [0, 0.05) is 18.3 Å². The molecule has 0 atom stereocenters. The Morgan fingerprint density at radius 3 is 2.65 bits per heavy atom. The first-order valence-corrected chi connectivity index (χ1v) is 9.09. The number of aryl methyl sites for hydroxylation is 1. The van der Waals surface area contributed by atoms with Gasteiger partial charge in [0.25, 0.3) is 0 Å². The molecule has 0 saturated heterocycles. The van der Waals surface area contributed by atoms with Crippen molar-refractivity contribution in [2.24, 2.45) is 0 Å². The number of hydrogen-bond acceptors (Lipinski definition) is 3. The smallest absolute Gasteiger partial charge is 0.319 e. The van der Waals surface area contributed by atoms with E-state index in [1.54, 1.807) is 7.11 Å². The van der Waals surface area contributed by atoms with E-state index >= 15 is 0 Å². The Labute approximate surface area is 154 Å². The van der Waals surface area contributed by atoms with Gasteiger partial charge in [-0.2, -0.15) is 0 Å². The lowest BCUT2D eigenvalue weighted by Gasteiger charge is -2.17. The van der Waals surface area contributed by atoms with E-state index in [0.717, 1.165) is 18.4 Å². The van der Waals surface area contributed by atoms with E-state index in [2.05, 4.69) is 16.7 Å². The molecule has 5 nitrogen and oxygen atoms in total. The number of ether oxygens (including phenoxy) is 2. The standard InChI is InChI=1S/C21H26N2O3/c1-15-6-5-7-16(12-15)14-22-21(24)23-17-10-11-19(25-2)20(13-17)26-18-8-3-4-9-18/h5-7,10-13,18H,3-4,8-9,14H2,1-2H3,(H2,22,23,24). The van der Waals surface area contributed by atoms with Gasteiger partial charge in [0.2, 0.25) is 0 Å². The van der Waals surface area contributed by atoms with E-state index in [1.165, 1.54) is 18.4 Å². The van der Waals surface area contributed by atoms with Gasteiger partial charge in [-0.15, -0.1) is 0 Å². The molecule has 1 fully saturated rings. The van der Waals surface area contributed by atoms with Gasteiger partial charge < -0.3 is 20.1 Å². The van der Waals surface area contributed by atoms with Crippen molar-refractivity contribution >= 4 is 11.7 Å². The molecule has 0 unspecified atom stereocenters. The van der Waals surface area contributed by atoms with Crippen LogP contribution in [0.1, 0.15) is 36.8 Å². The van der Waals surface area contributed by atoms with Crippen LogP contribution in [0, 0.1) is 6.92 Å². The van der Waals surface area contributed by atoms with Crippen LogP contribution in [-0.2, 0) is 6.54 Å². The Balaban J connectivity index is 1.60. The summed E-state index contributed by atoms with van der Waals surface area (Å²) in [5, 5.41) is 5.73. The molecule has 26 heavy (non-hydrogen) atoms. The summed E-state index contributed by atoms with van der Waals surface area (Å²) >= 11 is 0. The Kier molecular flexibility index (Phi) is 6.00. The number of rotatable bonds is 6. The molecule has 2 amide bonds. The molecule has 1 saturated carbocycles. The number of urea groups is 1. The second-order valence-corrected chi connectivity index (χ2v) is 6.69. The molecule has 0 spiro atoms. The third-order valence-corrected chi connectivity index (χ3v) is 4.55. The van der Waals surface area contributed by atoms with Crippen molar-refractivity contribution in [1.82, 2.24) is 5.32 Å². The third kappa shape index (κ3) is 4.91. The van der Waals surface area contributed by atoms with E-state index in [0.29, 0.717) is 23.7 Å². The van der Waals surface area contributed by atoms with Gasteiger partial charge in [-0.1, -0.05) is 29.8 Å². The van der Waals surface area contributed by atoms with Crippen LogP contribution in [0.2, 0.25) is 0 Å². The van der Waals surface area contributed by atoms with E-state index in [-0.39, 0.29) is 12.1 Å². The zero-order chi connectivity index (χ0) is 18.4. The minimum absolute atomic E-state index is 0.231. The molecule has 2 N–H and O–H groups in total. The maximum Gasteiger partial charge on any atom is 0.319 e. The Bertz CT molecular complexity index is 755. The predicted molar refractivity (Wildman–Crippen MR) is 103 cm³/mol. The summed E-state index contributed by atoms with van der Waals surface area (Å²) in [5.41, 5.74) is 2.93. The molecule has 1 aliphatic carbocycles. The molecule has 3 rings (SSSR count). The van der Waals surface area contributed by atoms with Gasteiger partial charge in [-0.3, -0.25) is 0 Å². The number of methoxy groups -OCH3 is 1. The van der Waals surface area contributed by atoms with Crippen LogP contribution in [0.4, 0.5) is 10.5 Å². The van der Waals surface area contributed by atoms with E-state index in [4.69, 9.17) is 9.47 Å². The highest BCUT2D eigenvalue weighted by Gasteiger charge is 2.19. The maximum atomic E-state index is 12.2. The second-order valence-electron chi connectivity index (χ2n) is 6.69. The van der Waals surface area contributed by atoms with Crippen LogP contribution >= 0.6 is 0 Å². The fraction of sp³-hybridized carbons (Fsp3) is 0.381. The summed E-state index contributed by atoms with van der Waals surface area (Å²) in [6.45, 7) is 2.52. The molecule has 0 aromatic heterocycles. The van der Waals surface area contributed by atoms with Crippen LogP contribution < -0.4 is 20.1 Å². The molecule has 0 radical (unpaired) electrons. The molecule has 2 aromatic rings. The van der Waals surface area contributed by atoms with Crippen molar-refractivity contribution in [2.45, 2.75) is 45.3 Å². The monoisotopic (exact) mass is 354 g/mol. The summed E-state index contributed by atoms with van der Waals surface area (Å²) in [6, 6.07) is 13.3. The summed E-state index contributed by atoms with van der Waals surface area (Å²) in [7, 11) is 1.62. The Morgan fingerprint density at radius 2 is 1.92 bits per heavy atom. The fourth-order valence-electron chi connectivity index (χ4n) is 3.21. The lowest BCUT2D eigenvalue weighted by atomic mass is 10.1. The quantitative estimate of drug-likeness (QED) is 0.794. The minimum Gasteiger partial charge on any atom is -0.493 e. The van der Waals surface area contributed by atoms with E-state index < -0.39 is 0 Å². The highest BCUT2D eigenvalue weighted by Crippen LogP contribution is 2.33. The minimum atomic E-state index is -0.247. The molecule has 2 aromatic carbocycles. The van der Waals surface area contributed by atoms with Crippen LogP contribution in [-0.4, -0.2) is 19.2 Å².